The van der Waals surface area contributed by atoms with Gasteiger partial charge in [0, 0.05) is 6.04 Å². The van der Waals surface area contributed by atoms with Gasteiger partial charge in [0.05, 0.1) is 0 Å². The highest BCUT2D eigenvalue weighted by atomic mass is 19.3. The van der Waals surface area contributed by atoms with Crippen molar-refractivity contribution < 1.29 is 18.3 Å². The molecule has 1 aliphatic carbocycles. The molecule has 0 aromatic rings. The maximum Gasteiger partial charge on any atom is 0.407 e. The standard InChI is InChI=1S/C13H23F2NO2/c1-13(2,3)9-4-6-10(7-5-9)16-12(17)18-8-11(14)15/h9-11H,4-8H2,1-3H3,(H,16,17)/t9-,10-. The lowest BCUT2D eigenvalue weighted by Crippen LogP contribution is -2.40. The molecule has 3 nitrogen and oxygen atoms in total. The van der Waals surface area contributed by atoms with E-state index in [0.717, 1.165) is 25.7 Å². The smallest absolute Gasteiger partial charge is 0.407 e. The van der Waals surface area contributed by atoms with Crippen LogP contribution < -0.4 is 5.32 Å². The monoisotopic (exact) mass is 263 g/mol. The Balaban J connectivity index is 2.25. The van der Waals surface area contributed by atoms with E-state index in [0.29, 0.717) is 11.3 Å². The van der Waals surface area contributed by atoms with Crippen LogP contribution in [0.4, 0.5) is 13.6 Å². The van der Waals surface area contributed by atoms with E-state index < -0.39 is 19.1 Å². The number of hydrogen-bond acceptors (Lipinski definition) is 2. The summed E-state index contributed by atoms with van der Waals surface area (Å²) in [7, 11) is 0. The highest BCUT2D eigenvalue weighted by Gasteiger charge is 2.30. The average molecular weight is 263 g/mol. The van der Waals surface area contributed by atoms with Crippen molar-refractivity contribution in [3.05, 3.63) is 0 Å². The number of carbonyl (C=O) groups is 1. The lowest BCUT2D eigenvalue weighted by Gasteiger charge is -2.37. The first kappa shape index (κ1) is 15.2. The summed E-state index contributed by atoms with van der Waals surface area (Å²) >= 11 is 0. The number of ether oxygens (including phenoxy) is 1. The Morgan fingerprint density at radius 3 is 2.28 bits per heavy atom. The second kappa shape index (κ2) is 6.34. The molecule has 0 aromatic heterocycles. The average Bonchev–Trinajstić information content (AvgIpc) is 2.26. The number of hydrogen-bond donors (Lipinski definition) is 1. The summed E-state index contributed by atoms with van der Waals surface area (Å²) in [6, 6.07) is 0.0637. The Morgan fingerprint density at radius 1 is 1.28 bits per heavy atom. The highest BCUT2D eigenvalue weighted by molar-refractivity contribution is 5.67. The summed E-state index contributed by atoms with van der Waals surface area (Å²) in [6.45, 7) is 5.84. The highest BCUT2D eigenvalue weighted by Crippen LogP contribution is 2.37. The van der Waals surface area contributed by atoms with Gasteiger partial charge in [-0.1, -0.05) is 20.8 Å². The minimum atomic E-state index is -2.60. The van der Waals surface area contributed by atoms with Crippen LogP contribution in [0.1, 0.15) is 46.5 Å². The first-order valence-electron chi connectivity index (χ1n) is 6.50. The van der Waals surface area contributed by atoms with E-state index in [-0.39, 0.29) is 6.04 Å². The van der Waals surface area contributed by atoms with E-state index in [9.17, 15) is 13.6 Å². The summed E-state index contributed by atoms with van der Waals surface area (Å²) in [4.78, 5) is 11.2. The van der Waals surface area contributed by atoms with Gasteiger partial charge in [0.15, 0.2) is 6.61 Å². The van der Waals surface area contributed by atoms with Gasteiger partial charge < -0.3 is 10.1 Å². The molecule has 5 heteroatoms. The molecule has 1 amide bonds. The fourth-order valence-electron chi connectivity index (χ4n) is 2.45. The van der Waals surface area contributed by atoms with Gasteiger partial charge in [0.1, 0.15) is 0 Å². The molecule has 1 aliphatic rings. The number of amides is 1. The predicted octanol–water partition coefficient (Wildman–Crippen LogP) is 3.58. The van der Waals surface area contributed by atoms with E-state index in [1.165, 1.54) is 0 Å². The SMILES string of the molecule is CC(C)(C)[C@H]1CC[C@H](NC(=O)OCC(F)F)CC1. The number of alkyl halides is 2. The molecule has 1 fully saturated rings. The summed E-state index contributed by atoms with van der Waals surface area (Å²) in [5.74, 6) is 0.660. The van der Waals surface area contributed by atoms with Crippen molar-refractivity contribution in [3.63, 3.8) is 0 Å². The van der Waals surface area contributed by atoms with Crippen LogP contribution in [0.15, 0.2) is 0 Å². The third-order valence-corrected chi connectivity index (χ3v) is 3.61. The Labute approximate surface area is 107 Å². The van der Waals surface area contributed by atoms with Gasteiger partial charge in [-0.15, -0.1) is 0 Å². The molecule has 1 N–H and O–H groups in total. The van der Waals surface area contributed by atoms with Crippen LogP contribution in [0.25, 0.3) is 0 Å². The molecule has 0 saturated heterocycles. The van der Waals surface area contributed by atoms with Crippen molar-refractivity contribution in [3.8, 4) is 0 Å². The van der Waals surface area contributed by atoms with Crippen LogP contribution >= 0.6 is 0 Å². The van der Waals surface area contributed by atoms with Crippen molar-refractivity contribution in [1.29, 1.82) is 0 Å². The summed E-state index contributed by atoms with van der Waals surface area (Å²) in [5, 5.41) is 2.65. The lowest BCUT2D eigenvalue weighted by atomic mass is 9.71. The second-order valence-electron chi connectivity index (χ2n) is 6.05. The Bertz CT molecular complexity index is 269. The van der Waals surface area contributed by atoms with Crippen molar-refractivity contribution in [1.82, 2.24) is 5.32 Å². The molecule has 0 atom stereocenters. The largest absolute Gasteiger partial charge is 0.443 e. The van der Waals surface area contributed by atoms with E-state index in [4.69, 9.17) is 0 Å². The molecular weight excluding hydrogens is 240 g/mol. The maximum atomic E-state index is 11.9. The summed E-state index contributed by atoms with van der Waals surface area (Å²) in [5.41, 5.74) is 0.293. The second-order valence-corrected chi connectivity index (χ2v) is 6.05. The van der Waals surface area contributed by atoms with Crippen LogP contribution in [0.5, 0.6) is 0 Å². The van der Waals surface area contributed by atoms with Crippen molar-refractivity contribution in [2.24, 2.45) is 11.3 Å². The zero-order valence-electron chi connectivity index (χ0n) is 11.3. The van der Waals surface area contributed by atoms with Crippen LogP contribution in [-0.2, 0) is 4.74 Å². The lowest BCUT2D eigenvalue weighted by molar-refractivity contribution is 0.0459. The molecule has 1 rings (SSSR count). The van der Waals surface area contributed by atoms with E-state index in [1.54, 1.807) is 0 Å². The van der Waals surface area contributed by atoms with Gasteiger partial charge in [-0.25, -0.2) is 13.6 Å². The number of nitrogens with one attached hydrogen (secondary N) is 1. The molecule has 106 valence electrons. The van der Waals surface area contributed by atoms with Crippen molar-refractivity contribution in [2.45, 2.75) is 58.9 Å². The van der Waals surface area contributed by atoms with Crippen LogP contribution in [0.2, 0.25) is 0 Å². The molecule has 1 saturated carbocycles. The fraction of sp³-hybridized carbons (Fsp3) is 0.923. The van der Waals surface area contributed by atoms with E-state index in [1.807, 2.05) is 0 Å². The zero-order chi connectivity index (χ0) is 13.8. The molecule has 0 heterocycles. The molecule has 0 spiro atoms. The topological polar surface area (TPSA) is 38.3 Å². The van der Waals surface area contributed by atoms with Crippen LogP contribution in [0.3, 0.4) is 0 Å². The van der Waals surface area contributed by atoms with E-state index >= 15 is 0 Å². The van der Waals surface area contributed by atoms with Gasteiger partial charge in [-0.2, -0.15) is 0 Å². The third kappa shape index (κ3) is 5.19. The molecule has 0 radical (unpaired) electrons. The number of carbonyl (C=O) groups excluding carboxylic acids is 1. The third-order valence-electron chi connectivity index (χ3n) is 3.61. The zero-order valence-corrected chi connectivity index (χ0v) is 11.3. The molecule has 18 heavy (non-hydrogen) atoms. The van der Waals surface area contributed by atoms with Gasteiger partial charge >= 0.3 is 6.09 Å². The normalized spacial score (nSPS) is 25.0. The molecular formula is C13H23F2NO2. The van der Waals surface area contributed by atoms with Crippen molar-refractivity contribution in [2.75, 3.05) is 6.61 Å². The number of alkyl carbamates (subject to hydrolysis) is 1. The van der Waals surface area contributed by atoms with E-state index in [2.05, 4.69) is 30.8 Å². The number of halogens is 2. The molecule has 0 unspecified atom stereocenters. The first-order chi connectivity index (χ1) is 8.29. The van der Waals surface area contributed by atoms with Gasteiger partial charge in [-0.05, 0) is 37.0 Å². The Hall–Kier alpha value is -0.870. The maximum absolute atomic E-state index is 11.9. The van der Waals surface area contributed by atoms with Crippen molar-refractivity contribution >= 4 is 6.09 Å². The van der Waals surface area contributed by atoms with Gasteiger partial charge in [-0.3, -0.25) is 0 Å². The summed E-state index contributed by atoms with van der Waals surface area (Å²) in [6.07, 6.45) is 0.575. The Morgan fingerprint density at radius 2 is 1.83 bits per heavy atom. The summed E-state index contributed by atoms with van der Waals surface area (Å²) < 4.78 is 28.1. The first-order valence-corrected chi connectivity index (χ1v) is 6.50. The fourth-order valence-corrected chi connectivity index (χ4v) is 2.45. The molecule has 0 aromatic carbocycles. The Kier molecular flexibility index (Phi) is 5.35. The minimum Gasteiger partial charge on any atom is -0.443 e. The molecule has 0 bridgehead atoms. The quantitative estimate of drug-likeness (QED) is 0.845. The van der Waals surface area contributed by atoms with Crippen LogP contribution in [-0.4, -0.2) is 25.2 Å². The van der Waals surface area contributed by atoms with Crippen LogP contribution in [0, 0.1) is 11.3 Å². The predicted molar refractivity (Wildman–Crippen MR) is 65.7 cm³/mol. The van der Waals surface area contributed by atoms with Gasteiger partial charge in [0.2, 0.25) is 0 Å². The van der Waals surface area contributed by atoms with Gasteiger partial charge in [0.25, 0.3) is 6.43 Å². The minimum absolute atomic E-state index is 0.0637. The number of rotatable bonds is 3. The molecule has 0 aliphatic heterocycles.